The van der Waals surface area contributed by atoms with E-state index >= 15 is 0 Å². The van der Waals surface area contributed by atoms with Gasteiger partial charge in [0.05, 0.1) is 22.3 Å². The molecule has 4 nitrogen and oxygen atoms in total. The lowest BCUT2D eigenvalue weighted by Crippen LogP contribution is -2.34. The van der Waals surface area contributed by atoms with Gasteiger partial charge >= 0.3 is 0 Å². The summed E-state index contributed by atoms with van der Waals surface area (Å²) in [5, 5.41) is 6.39. The van der Waals surface area contributed by atoms with E-state index in [4.69, 9.17) is 40.2 Å². The molecular formula is C19H20Cl2N2O2S. The summed E-state index contributed by atoms with van der Waals surface area (Å²) in [4.78, 5) is 12.4. The van der Waals surface area contributed by atoms with Crippen LogP contribution in [0.5, 0.6) is 5.75 Å². The summed E-state index contributed by atoms with van der Waals surface area (Å²) in [5.41, 5.74) is 0.897. The molecule has 2 aromatic rings. The van der Waals surface area contributed by atoms with E-state index in [0.29, 0.717) is 39.6 Å². The van der Waals surface area contributed by atoms with Gasteiger partial charge in [-0.05, 0) is 54.9 Å². The van der Waals surface area contributed by atoms with Crippen molar-refractivity contribution in [1.29, 1.82) is 0 Å². The Morgan fingerprint density at radius 1 is 1.15 bits per heavy atom. The van der Waals surface area contributed by atoms with Crippen LogP contribution in [0.1, 0.15) is 30.6 Å². The molecule has 0 spiro atoms. The zero-order chi connectivity index (χ0) is 19.1. The van der Waals surface area contributed by atoms with Crippen LogP contribution in [0.25, 0.3) is 0 Å². The molecule has 0 aliphatic rings. The Labute approximate surface area is 168 Å². The number of benzene rings is 2. The Morgan fingerprint density at radius 3 is 2.46 bits per heavy atom. The fourth-order valence-electron chi connectivity index (χ4n) is 2.08. The third kappa shape index (κ3) is 6.16. The molecule has 0 saturated heterocycles. The van der Waals surface area contributed by atoms with Crippen LogP contribution in [0.3, 0.4) is 0 Å². The van der Waals surface area contributed by atoms with Gasteiger partial charge in [-0.15, -0.1) is 0 Å². The molecular weight excluding hydrogens is 391 g/mol. The van der Waals surface area contributed by atoms with Crippen LogP contribution >= 0.6 is 35.4 Å². The maximum atomic E-state index is 12.4. The molecule has 0 radical (unpaired) electrons. The molecule has 0 atom stereocenters. The van der Waals surface area contributed by atoms with Gasteiger partial charge in [-0.1, -0.05) is 49.2 Å². The van der Waals surface area contributed by atoms with Crippen molar-refractivity contribution in [1.82, 2.24) is 5.32 Å². The van der Waals surface area contributed by atoms with E-state index in [1.807, 2.05) is 6.07 Å². The Kier molecular flexibility index (Phi) is 7.69. The summed E-state index contributed by atoms with van der Waals surface area (Å²) in [6.45, 7) is 4.87. The van der Waals surface area contributed by atoms with Crippen molar-refractivity contribution in [2.75, 3.05) is 11.9 Å². The van der Waals surface area contributed by atoms with E-state index in [9.17, 15) is 4.79 Å². The van der Waals surface area contributed by atoms with E-state index in [1.165, 1.54) is 0 Å². The van der Waals surface area contributed by atoms with Gasteiger partial charge in [0, 0.05) is 5.56 Å². The number of carbonyl (C=O) groups excluding carboxylic acids is 1. The predicted molar refractivity (Wildman–Crippen MR) is 112 cm³/mol. The summed E-state index contributed by atoms with van der Waals surface area (Å²) in [6, 6.07) is 12.0. The molecule has 2 aromatic carbocycles. The van der Waals surface area contributed by atoms with Crippen LogP contribution in [0.4, 0.5) is 5.69 Å². The second kappa shape index (κ2) is 9.76. The van der Waals surface area contributed by atoms with Gasteiger partial charge in [-0.25, -0.2) is 0 Å². The minimum Gasteiger partial charge on any atom is -0.494 e. The van der Waals surface area contributed by atoms with Crippen LogP contribution in [-0.4, -0.2) is 17.6 Å². The Morgan fingerprint density at radius 2 is 1.81 bits per heavy atom. The second-order valence-corrected chi connectivity index (χ2v) is 7.29. The molecule has 7 heteroatoms. The Bertz CT molecular complexity index is 777. The molecule has 0 aromatic heterocycles. The SMILES string of the molecule is CC(C)CCOc1cccc(C(=O)NC(=S)Nc2c(Cl)cccc2Cl)c1. The Balaban J connectivity index is 1.97. The monoisotopic (exact) mass is 410 g/mol. The number of ether oxygens (including phenoxy) is 1. The van der Waals surface area contributed by atoms with E-state index < -0.39 is 0 Å². The summed E-state index contributed by atoms with van der Waals surface area (Å²) in [6.07, 6.45) is 0.947. The lowest BCUT2D eigenvalue weighted by Gasteiger charge is -2.13. The summed E-state index contributed by atoms with van der Waals surface area (Å²) in [5.74, 6) is 0.855. The van der Waals surface area contributed by atoms with Gasteiger partial charge in [-0.3, -0.25) is 10.1 Å². The number of hydrogen-bond donors (Lipinski definition) is 2. The average Bonchev–Trinajstić information content (AvgIpc) is 2.58. The largest absolute Gasteiger partial charge is 0.494 e. The van der Waals surface area contributed by atoms with Crippen molar-refractivity contribution in [2.45, 2.75) is 20.3 Å². The van der Waals surface area contributed by atoms with Crippen LogP contribution < -0.4 is 15.4 Å². The second-order valence-electron chi connectivity index (χ2n) is 6.06. The van der Waals surface area contributed by atoms with Crippen LogP contribution in [0.2, 0.25) is 10.0 Å². The molecule has 0 saturated carbocycles. The smallest absolute Gasteiger partial charge is 0.257 e. The molecule has 0 unspecified atom stereocenters. The van der Waals surface area contributed by atoms with Gasteiger partial charge in [0.25, 0.3) is 5.91 Å². The highest BCUT2D eigenvalue weighted by molar-refractivity contribution is 7.80. The molecule has 0 heterocycles. The molecule has 2 N–H and O–H groups in total. The quantitative estimate of drug-likeness (QED) is 0.613. The third-order valence-corrected chi connectivity index (χ3v) is 4.32. The van der Waals surface area contributed by atoms with Crippen molar-refractivity contribution >= 4 is 52.1 Å². The maximum absolute atomic E-state index is 12.4. The molecule has 138 valence electrons. The first-order valence-corrected chi connectivity index (χ1v) is 9.32. The number of thiocarbonyl (C=S) groups is 1. The predicted octanol–water partition coefficient (Wildman–Crippen LogP) is 5.55. The number of rotatable bonds is 6. The van der Waals surface area contributed by atoms with Crippen molar-refractivity contribution in [3.63, 3.8) is 0 Å². The molecule has 2 rings (SSSR count). The highest BCUT2D eigenvalue weighted by atomic mass is 35.5. The Hall–Kier alpha value is -1.82. The number of amides is 1. The zero-order valence-corrected chi connectivity index (χ0v) is 16.8. The number of nitrogens with one attached hydrogen (secondary N) is 2. The number of carbonyl (C=O) groups is 1. The van der Waals surface area contributed by atoms with Crippen molar-refractivity contribution < 1.29 is 9.53 Å². The molecule has 1 amide bonds. The highest BCUT2D eigenvalue weighted by Gasteiger charge is 2.12. The van der Waals surface area contributed by atoms with Gasteiger partial charge in [0.15, 0.2) is 5.11 Å². The third-order valence-electron chi connectivity index (χ3n) is 3.49. The van der Waals surface area contributed by atoms with Crippen molar-refractivity contribution in [2.24, 2.45) is 5.92 Å². The van der Waals surface area contributed by atoms with Crippen LogP contribution in [-0.2, 0) is 0 Å². The normalized spacial score (nSPS) is 10.5. The lowest BCUT2D eigenvalue weighted by molar-refractivity contribution is 0.0977. The van der Waals surface area contributed by atoms with Crippen molar-refractivity contribution in [3.8, 4) is 5.75 Å². The van der Waals surface area contributed by atoms with Gasteiger partial charge in [0.2, 0.25) is 0 Å². The molecule has 0 aliphatic heterocycles. The summed E-state index contributed by atoms with van der Waals surface area (Å²) >= 11 is 17.3. The molecule has 0 aliphatic carbocycles. The van der Waals surface area contributed by atoms with Crippen LogP contribution in [0, 0.1) is 5.92 Å². The minimum atomic E-state index is -0.347. The van der Waals surface area contributed by atoms with Gasteiger partial charge in [0.1, 0.15) is 5.75 Å². The highest BCUT2D eigenvalue weighted by Crippen LogP contribution is 2.29. The van der Waals surface area contributed by atoms with Crippen LogP contribution in [0.15, 0.2) is 42.5 Å². The summed E-state index contributed by atoms with van der Waals surface area (Å²) < 4.78 is 5.68. The maximum Gasteiger partial charge on any atom is 0.257 e. The average molecular weight is 411 g/mol. The van der Waals surface area contributed by atoms with Gasteiger partial charge < -0.3 is 10.1 Å². The molecule has 26 heavy (non-hydrogen) atoms. The van der Waals surface area contributed by atoms with E-state index in [2.05, 4.69) is 24.5 Å². The number of hydrogen-bond acceptors (Lipinski definition) is 3. The van der Waals surface area contributed by atoms with E-state index in [0.717, 1.165) is 6.42 Å². The minimum absolute atomic E-state index is 0.108. The first-order chi connectivity index (χ1) is 12.4. The fraction of sp³-hybridized carbons (Fsp3) is 0.263. The molecule has 0 fully saturated rings. The van der Waals surface area contributed by atoms with E-state index in [-0.39, 0.29) is 11.0 Å². The fourth-order valence-corrected chi connectivity index (χ4v) is 2.76. The number of para-hydroxylation sites is 1. The first kappa shape index (κ1) is 20.5. The number of halogens is 2. The van der Waals surface area contributed by atoms with E-state index in [1.54, 1.807) is 36.4 Å². The van der Waals surface area contributed by atoms with Gasteiger partial charge in [-0.2, -0.15) is 0 Å². The summed E-state index contributed by atoms with van der Waals surface area (Å²) in [7, 11) is 0. The molecule has 0 bridgehead atoms. The zero-order valence-electron chi connectivity index (χ0n) is 14.5. The lowest BCUT2D eigenvalue weighted by atomic mass is 10.1. The first-order valence-electron chi connectivity index (χ1n) is 8.16. The standard InChI is InChI=1S/C19H20Cl2N2O2S/c1-12(2)9-10-25-14-6-3-5-13(11-14)18(24)23-19(26)22-17-15(20)7-4-8-16(17)21/h3-8,11-12H,9-10H2,1-2H3,(H2,22,23,24,26). The number of anilines is 1. The topological polar surface area (TPSA) is 50.4 Å². The van der Waals surface area contributed by atoms with Crippen molar-refractivity contribution in [3.05, 3.63) is 58.1 Å².